The van der Waals surface area contributed by atoms with Crippen LogP contribution in [0.2, 0.25) is 0 Å². The molecule has 0 saturated carbocycles. The third kappa shape index (κ3) is 2.52. The molecule has 116 valence electrons. The van der Waals surface area contributed by atoms with Crippen molar-refractivity contribution < 1.29 is 13.2 Å². The minimum Gasteiger partial charge on any atom is -0.383 e. The number of rotatable bonds is 3. The molecule has 9 heteroatoms. The maximum absolute atomic E-state index is 12.8. The molecule has 0 bridgehead atoms. The highest BCUT2D eigenvalue weighted by atomic mass is 32.2. The van der Waals surface area contributed by atoms with Crippen LogP contribution in [0.1, 0.15) is 12.5 Å². The number of nitrogen functional groups attached to an aromatic ring is 1. The van der Waals surface area contributed by atoms with Gasteiger partial charge in [0.05, 0.1) is 16.8 Å². The second-order valence-electron chi connectivity index (χ2n) is 4.56. The van der Waals surface area contributed by atoms with Gasteiger partial charge < -0.3 is 10.1 Å². The largest absolute Gasteiger partial charge is 0.417 e. The number of nitrogens with zero attached hydrogens (tertiary/aromatic N) is 3. The quantitative estimate of drug-likeness (QED) is 0.723. The second kappa shape index (κ2) is 5.24. The standard InChI is InChI=1S/C13H12F3N5S/c1-2-22-12-10(11(17)19-20-12)8-6-21-5-7(13(14,15)16)3-4-9(21)18-8/h3-6H,2H2,1H3,(H3,17,19,20). The number of halogens is 3. The summed E-state index contributed by atoms with van der Waals surface area (Å²) in [4.78, 5) is 4.32. The Hall–Kier alpha value is -2.16. The van der Waals surface area contributed by atoms with Crippen LogP contribution >= 0.6 is 11.8 Å². The van der Waals surface area contributed by atoms with Gasteiger partial charge in [-0.15, -0.1) is 11.8 Å². The van der Waals surface area contributed by atoms with Crippen LogP contribution in [0.25, 0.3) is 16.9 Å². The van der Waals surface area contributed by atoms with Crippen molar-refractivity contribution in [1.82, 2.24) is 19.6 Å². The Bertz CT molecular complexity index is 821. The molecule has 3 aromatic heterocycles. The fourth-order valence-electron chi connectivity index (χ4n) is 2.11. The molecular formula is C13H12F3N5S. The van der Waals surface area contributed by atoms with E-state index < -0.39 is 11.7 Å². The van der Waals surface area contributed by atoms with Crippen molar-refractivity contribution in [2.24, 2.45) is 0 Å². The fraction of sp³-hybridized carbons (Fsp3) is 0.231. The molecule has 0 atom stereocenters. The van der Waals surface area contributed by atoms with Gasteiger partial charge in [0, 0.05) is 12.4 Å². The van der Waals surface area contributed by atoms with Crippen LogP contribution in [0.15, 0.2) is 29.6 Å². The normalized spacial score (nSPS) is 12.2. The summed E-state index contributed by atoms with van der Waals surface area (Å²) in [5.41, 5.74) is 6.65. The van der Waals surface area contributed by atoms with Gasteiger partial charge in [0.15, 0.2) is 0 Å². The first-order valence-electron chi connectivity index (χ1n) is 6.43. The molecule has 3 heterocycles. The van der Waals surface area contributed by atoms with Gasteiger partial charge in [0.1, 0.15) is 16.5 Å². The van der Waals surface area contributed by atoms with E-state index >= 15 is 0 Å². The average Bonchev–Trinajstić information content (AvgIpc) is 3.00. The summed E-state index contributed by atoms with van der Waals surface area (Å²) in [6.07, 6.45) is -1.86. The summed E-state index contributed by atoms with van der Waals surface area (Å²) < 4.78 is 39.6. The number of imidazole rings is 1. The highest BCUT2D eigenvalue weighted by Crippen LogP contribution is 2.34. The molecule has 0 aromatic carbocycles. The molecule has 3 rings (SSSR count). The minimum absolute atomic E-state index is 0.343. The van der Waals surface area contributed by atoms with Crippen LogP contribution < -0.4 is 5.73 Å². The zero-order valence-corrected chi connectivity index (χ0v) is 12.3. The van der Waals surface area contributed by atoms with Gasteiger partial charge in [-0.05, 0) is 17.9 Å². The second-order valence-corrected chi connectivity index (χ2v) is 5.81. The van der Waals surface area contributed by atoms with E-state index in [1.807, 2.05) is 6.92 Å². The first kappa shape index (κ1) is 14.8. The lowest BCUT2D eigenvalue weighted by Gasteiger charge is -2.05. The molecule has 0 aliphatic heterocycles. The Kier molecular flexibility index (Phi) is 3.51. The molecule has 0 aliphatic rings. The smallest absolute Gasteiger partial charge is 0.383 e. The Morgan fingerprint density at radius 2 is 2.09 bits per heavy atom. The average molecular weight is 327 g/mol. The molecule has 0 aliphatic carbocycles. The Balaban J connectivity index is 2.11. The monoisotopic (exact) mass is 327 g/mol. The van der Waals surface area contributed by atoms with Crippen LogP contribution in [0, 0.1) is 0 Å². The Morgan fingerprint density at radius 1 is 1.32 bits per heavy atom. The van der Waals surface area contributed by atoms with Gasteiger partial charge in [-0.1, -0.05) is 6.92 Å². The lowest BCUT2D eigenvalue weighted by molar-refractivity contribution is -0.137. The van der Waals surface area contributed by atoms with Gasteiger partial charge in [0.25, 0.3) is 0 Å². The predicted octanol–water partition coefficient (Wildman–Crippen LogP) is 3.44. The van der Waals surface area contributed by atoms with Gasteiger partial charge in [-0.2, -0.15) is 18.3 Å². The first-order chi connectivity index (χ1) is 10.4. The lowest BCUT2D eigenvalue weighted by atomic mass is 10.2. The van der Waals surface area contributed by atoms with Crippen molar-refractivity contribution >= 4 is 23.2 Å². The van der Waals surface area contributed by atoms with Gasteiger partial charge in [-0.25, -0.2) is 4.98 Å². The minimum atomic E-state index is -4.39. The van der Waals surface area contributed by atoms with Crippen molar-refractivity contribution in [1.29, 1.82) is 0 Å². The third-order valence-corrected chi connectivity index (χ3v) is 3.93. The van der Waals surface area contributed by atoms with Crippen LogP contribution in [-0.4, -0.2) is 25.3 Å². The van der Waals surface area contributed by atoms with E-state index in [-0.39, 0.29) is 0 Å². The maximum atomic E-state index is 12.8. The molecule has 0 radical (unpaired) electrons. The number of fused-ring (bicyclic) bond motifs is 1. The molecule has 22 heavy (non-hydrogen) atoms. The first-order valence-corrected chi connectivity index (χ1v) is 7.41. The molecule has 0 spiro atoms. The van der Waals surface area contributed by atoms with Gasteiger partial charge in [-0.3, -0.25) is 5.10 Å². The molecule has 0 amide bonds. The van der Waals surface area contributed by atoms with Crippen LogP contribution in [-0.2, 0) is 6.18 Å². The van der Waals surface area contributed by atoms with Crippen molar-refractivity contribution in [3.8, 4) is 11.3 Å². The van der Waals surface area contributed by atoms with E-state index in [0.717, 1.165) is 18.0 Å². The van der Waals surface area contributed by atoms with Crippen molar-refractivity contribution in [2.75, 3.05) is 11.5 Å². The topological polar surface area (TPSA) is 72.0 Å². The number of aromatic nitrogens is 4. The third-order valence-electron chi connectivity index (χ3n) is 3.08. The van der Waals surface area contributed by atoms with E-state index in [4.69, 9.17) is 5.73 Å². The number of nitrogens with one attached hydrogen (secondary N) is 1. The number of alkyl halides is 3. The predicted molar refractivity (Wildman–Crippen MR) is 78.6 cm³/mol. The van der Waals surface area contributed by atoms with E-state index in [2.05, 4.69) is 15.2 Å². The summed E-state index contributed by atoms with van der Waals surface area (Å²) in [5.74, 6) is 1.14. The molecule has 0 unspecified atom stereocenters. The fourth-order valence-corrected chi connectivity index (χ4v) is 2.85. The number of thioether (sulfide) groups is 1. The van der Waals surface area contributed by atoms with E-state index in [1.165, 1.54) is 28.4 Å². The molecular weight excluding hydrogens is 315 g/mol. The number of aromatic amines is 1. The zero-order valence-electron chi connectivity index (χ0n) is 11.5. The Morgan fingerprint density at radius 3 is 2.77 bits per heavy atom. The summed E-state index contributed by atoms with van der Waals surface area (Å²) in [5, 5.41) is 7.45. The van der Waals surface area contributed by atoms with Crippen LogP contribution in [0.5, 0.6) is 0 Å². The highest BCUT2D eigenvalue weighted by molar-refractivity contribution is 7.99. The SMILES string of the molecule is CCSc1n[nH]c(N)c1-c1cn2cc(C(F)(F)F)ccc2n1. The van der Waals surface area contributed by atoms with Crippen LogP contribution in [0.3, 0.4) is 0 Å². The number of H-pyrrole nitrogens is 1. The summed E-state index contributed by atoms with van der Waals surface area (Å²) in [6, 6.07) is 2.34. The van der Waals surface area contributed by atoms with Gasteiger partial charge >= 0.3 is 6.18 Å². The maximum Gasteiger partial charge on any atom is 0.417 e. The summed E-state index contributed by atoms with van der Waals surface area (Å²) in [7, 11) is 0. The van der Waals surface area contributed by atoms with Crippen molar-refractivity contribution in [3.05, 3.63) is 30.1 Å². The number of pyridine rings is 1. The molecule has 5 nitrogen and oxygen atoms in total. The Labute approximate surface area is 127 Å². The number of hydrogen-bond acceptors (Lipinski definition) is 4. The summed E-state index contributed by atoms with van der Waals surface area (Å²) >= 11 is 1.48. The number of hydrogen-bond donors (Lipinski definition) is 2. The number of anilines is 1. The van der Waals surface area contributed by atoms with Gasteiger partial charge in [0.2, 0.25) is 0 Å². The molecule has 3 aromatic rings. The van der Waals surface area contributed by atoms with E-state index in [9.17, 15) is 13.2 Å². The number of nitrogens with two attached hydrogens (primary N) is 1. The molecule has 3 N–H and O–H groups in total. The zero-order chi connectivity index (χ0) is 15.9. The molecule has 0 saturated heterocycles. The lowest BCUT2D eigenvalue weighted by Crippen LogP contribution is -2.05. The van der Waals surface area contributed by atoms with E-state index in [0.29, 0.717) is 27.7 Å². The van der Waals surface area contributed by atoms with Crippen LogP contribution in [0.4, 0.5) is 19.0 Å². The van der Waals surface area contributed by atoms with E-state index in [1.54, 1.807) is 0 Å². The van der Waals surface area contributed by atoms with Crippen molar-refractivity contribution in [2.45, 2.75) is 18.1 Å². The van der Waals surface area contributed by atoms with Crippen molar-refractivity contribution in [3.63, 3.8) is 0 Å². The molecule has 0 fully saturated rings. The highest BCUT2D eigenvalue weighted by Gasteiger charge is 2.31. The summed E-state index contributed by atoms with van der Waals surface area (Å²) in [6.45, 7) is 1.97.